The van der Waals surface area contributed by atoms with Crippen molar-refractivity contribution in [3.63, 3.8) is 0 Å². The summed E-state index contributed by atoms with van der Waals surface area (Å²) in [6.07, 6.45) is 1.70. The summed E-state index contributed by atoms with van der Waals surface area (Å²) in [4.78, 5) is 11.2. The van der Waals surface area contributed by atoms with Crippen molar-refractivity contribution in [3.05, 3.63) is 23.8 Å². The molecular formula is C13H19N3O2. The first-order valence-corrected chi connectivity index (χ1v) is 6.14. The minimum atomic E-state index is -0.135. The van der Waals surface area contributed by atoms with E-state index >= 15 is 0 Å². The number of hydrogen-bond donors (Lipinski definition) is 3. The van der Waals surface area contributed by atoms with Gasteiger partial charge in [0.15, 0.2) is 6.61 Å². The Morgan fingerprint density at radius 1 is 1.39 bits per heavy atom. The summed E-state index contributed by atoms with van der Waals surface area (Å²) in [5, 5.41) is 2.78. The van der Waals surface area contributed by atoms with E-state index < -0.39 is 0 Å². The molecule has 1 aliphatic rings. The van der Waals surface area contributed by atoms with Gasteiger partial charge in [-0.15, -0.1) is 0 Å². The topological polar surface area (TPSA) is 90.4 Å². The van der Waals surface area contributed by atoms with Crippen LogP contribution in [0.2, 0.25) is 0 Å². The SMILES string of the molecule is CC(N)CCC(N)c1ccc2c(c1)NC(=O)CO2. The second kappa shape index (κ2) is 5.37. The summed E-state index contributed by atoms with van der Waals surface area (Å²) < 4.78 is 5.30. The quantitative estimate of drug-likeness (QED) is 0.746. The lowest BCUT2D eigenvalue weighted by Gasteiger charge is -2.20. The van der Waals surface area contributed by atoms with Crippen LogP contribution in [0, 0.1) is 0 Å². The Hall–Kier alpha value is -1.59. The maximum atomic E-state index is 11.2. The normalized spacial score (nSPS) is 17.4. The van der Waals surface area contributed by atoms with Crippen LogP contribution in [0.15, 0.2) is 18.2 Å². The number of rotatable bonds is 4. The summed E-state index contributed by atoms with van der Waals surface area (Å²) in [5.41, 5.74) is 13.5. The molecule has 18 heavy (non-hydrogen) atoms. The van der Waals surface area contributed by atoms with Crippen LogP contribution in [0.1, 0.15) is 31.4 Å². The van der Waals surface area contributed by atoms with Gasteiger partial charge in [-0.3, -0.25) is 4.79 Å². The zero-order valence-electron chi connectivity index (χ0n) is 10.5. The Labute approximate surface area is 106 Å². The Morgan fingerprint density at radius 2 is 2.17 bits per heavy atom. The standard InChI is InChI=1S/C13H19N3O2/c1-8(14)2-4-10(15)9-3-5-12-11(6-9)16-13(17)7-18-12/h3,5-6,8,10H,2,4,7,14-15H2,1H3,(H,16,17). The lowest BCUT2D eigenvalue weighted by molar-refractivity contribution is -0.118. The van der Waals surface area contributed by atoms with Gasteiger partial charge in [0, 0.05) is 12.1 Å². The highest BCUT2D eigenvalue weighted by atomic mass is 16.5. The van der Waals surface area contributed by atoms with Crippen molar-refractivity contribution < 1.29 is 9.53 Å². The monoisotopic (exact) mass is 249 g/mol. The molecule has 98 valence electrons. The molecule has 0 aromatic heterocycles. The number of benzene rings is 1. The van der Waals surface area contributed by atoms with Crippen molar-refractivity contribution in [2.75, 3.05) is 11.9 Å². The summed E-state index contributed by atoms with van der Waals surface area (Å²) >= 11 is 0. The summed E-state index contributed by atoms with van der Waals surface area (Å²) in [6.45, 7) is 2.04. The third-order valence-electron chi connectivity index (χ3n) is 3.00. The van der Waals surface area contributed by atoms with E-state index in [1.54, 1.807) is 0 Å². The van der Waals surface area contributed by atoms with Crippen LogP contribution in [0.4, 0.5) is 5.69 Å². The van der Waals surface area contributed by atoms with E-state index in [9.17, 15) is 4.79 Å². The molecule has 2 atom stereocenters. The zero-order chi connectivity index (χ0) is 13.1. The number of ether oxygens (including phenoxy) is 1. The summed E-state index contributed by atoms with van der Waals surface area (Å²) in [5.74, 6) is 0.557. The molecular weight excluding hydrogens is 230 g/mol. The number of amides is 1. The van der Waals surface area contributed by atoms with Crippen LogP contribution in [0.3, 0.4) is 0 Å². The molecule has 0 aliphatic carbocycles. The van der Waals surface area contributed by atoms with Gasteiger partial charge in [-0.25, -0.2) is 0 Å². The Morgan fingerprint density at radius 3 is 2.89 bits per heavy atom. The molecule has 1 aromatic carbocycles. The number of carbonyl (C=O) groups is 1. The van der Waals surface area contributed by atoms with Gasteiger partial charge in [-0.05, 0) is 37.5 Å². The van der Waals surface area contributed by atoms with Crippen LogP contribution in [-0.2, 0) is 4.79 Å². The van der Waals surface area contributed by atoms with Gasteiger partial charge >= 0.3 is 0 Å². The molecule has 0 radical (unpaired) electrons. The molecule has 2 unspecified atom stereocenters. The van der Waals surface area contributed by atoms with Crippen molar-refractivity contribution >= 4 is 11.6 Å². The van der Waals surface area contributed by atoms with Gasteiger partial charge in [-0.1, -0.05) is 6.07 Å². The van der Waals surface area contributed by atoms with E-state index in [2.05, 4.69) is 5.32 Å². The van der Waals surface area contributed by atoms with Gasteiger partial charge in [0.05, 0.1) is 5.69 Å². The molecule has 1 aliphatic heterocycles. The molecule has 0 fully saturated rings. The predicted molar refractivity (Wildman–Crippen MR) is 70.4 cm³/mol. The van der Waals surface area contributed by atoms with Crippen molar-refractivity contribution in [2.24, 2.45) is 11.5 Å². The highest BCUT2D eigenvalue weighted by Crippen LogP contribution is 2.31. The van der Waals surface area contributed by atoms with E-state index in [4.69, 9.17) is 16.2 Å². The minimum Gasteiger partial charge on any atom is -0.482 e. The van der Waals surface area contributed by atoms with Crippen LogP contribution in [0.25, 0.3) is 0 Å². The number of carbonyl (C=O) groups excluding carboxylic acids is 1. The highest BCUT2D eigenvalue weighted by molar-refractivity contribution is 5.95. The van der Waals surface area contributed by atoms with E-state index in [0.717, 1.165) is 18.4 Å². The van der Waals surface area contributed by atoms with Crippen molar-refractivity contribution in [3.8, 4) is 5.75 Å². The van der Waals surface area contributed by atoms with Crippen LogP contribution in [0.5, 0.6) is 5.75 Å². The number of fused-ring (bicyclic) bond motifs is 1. The minimum absolute atomic E-state index is 0.0693. The van der Waals surface area contributed by atoms with Crippen molar-refractivity contribution in [2.45, 2.75) is 31.8 Å². The van der Waals surface area contributed by atoms with Gasteiger partial charge in [0.2, 0.25) is 0 Å². The second-order valence-corrected chi connectivity index (χ2v) is 4.75. The smallest absolute Gasteiger partial charge is 0.262 e. The van der Waals surface area contributed by atoms with Crippen molar-refractivity contribution in [1.29, 1.82) is 0 Å². The largest absolute Gasteiger partial charge is 0.482 e. The van der Waals surface area contributed by atoms with Gasteiger partial charge in [0.25, 0.3) is 5.91 Å². The first-order chi connectivity index (χ1) is 8.56. The average molecular weight is 249 g/mol. The summed E-state index contributed by atoms with van der Waals surface area (Å²) in [7, 11) is 0. The maximum absolute atomic E-state index is 11.2. The van der Waals surface area contributed by atoms with Gasteiger partial charge in [-0.2, -0.15) is 0 Å². The van der Waals surface area contributed by atoms with Crippen LogP contribution in [-0.4, -0.2) is 18.6 Å². The molecule has 0 spiro atoms. The zero-order valence-corrected chi connectivity index (χ0v) is 10.5. The van der Waals surface area contributed by atoms with E-state index in [-0.39, 0.29) is 24.6 Å². The average Bonchev–Trinajstić information content (AvgIpc) is 2.34. The fourth-order valence-electron chi connectivity index (χ4n) is 1.94. The Balaban J connectivity index is 2.10. The molecule has 0 bridgehead atoms. The molecule has 5 N–H and O–H groups in total. The third-order valence-corrected chi connectivity index (χ3v) is 3.00. The molecule has 1 heterocycles. The fraction of sp³-hybridized carbons (Fsp3) is 0.462. The molecule has 1 amide bonds. The van der Waals surface area contributed by atoms with Gasteiger partial charge in [0.1, 0.15) is 5.75 Å². The lowest BCUT2D eigenvalue weighted by atomic mass is 10.00. The Bertz CT molecular complexity index is 446. The van der Waals surface area contributed by atoms with E-state index in [1.165, 1.54) is 0 Å². The number of nitrogens with one attached hydrogen (secondary N) is 1. The van der Waals surface area contributed by atoms with Crippen LogP contribution >= 0.6 is 0 Å². The second-order valence-electron chi connectivity index (χ2n) is 4.75. The molecule has 2 rings (SSSR count). The first-order valence-electron chi connectivity index (χ1n) is 6.14. The molecule has 1 aromatic rings. The van der Waals surface area contributed by atoms with Crippen molar-refractivity contribution in [1.82, 2.24) is 0 Å². The number of nitrogens with two attached hydrogens (primary N) is 2. The molecule has 5 heteroatoms. The Kier molecular flexibility index (Phi) is 3.84. The van der Waals surface area contributed by atoms with E-state index in [1.807, 2.05) is 25.1 Å². The lowest BCUT2D eigenvalue weighted by Crippen LogP contribution is -2.25. The fourth-order valence-corrected chi connectivity index (χ4v) is 1.94. The number of anilines is 1. The molecule has 0 saturated carbocycles. The first kappa shape index (κ1) is 12.9. The molecule has 5 nitrogen and oxygen atoms in total. The van der Waals surface area contributed by atoms with Gasteiger partial charge < -0.3 is 21.5 Å². The summed E-state index contributed by atoms with van der Waals surface area (Å²) in [6, 6.07) is 5.73. The number of hydrogen-bond acceptors (Lipinski definition) is 4. The molecule has 0 saturated heterocycles. The maximum Gasteiger partial charge on any atom is 0.262 e. The third kappa shape index (κ3) is 3.00. The van der Waals surface area contributed by atoms with Crippen LogP contribution < -0.4 is 21.5 Å². The predicted octanol–water partition coefficient (Wildman–Crippen LogP) is 1.14. The highest BCUT2D eigenvalue weighted by Gasteiger charge is 2.17. The van der Waals surface area contributed by atoms with E-state index in [0.29, 0.717) is 11.4 Å².